The molecular formula is C34H26N2O4S. The highest BCUT2D eigenvalue weighted by Gasteiger charge is 2.24. The molecule has 202 valence electrons. The van der Waals surface area contributed by atoms with Crippen molar-refractivity contribution >= 4 is 49.9 Å². The Hall–Kier alpha value is -5.01. The molecule has 0 spiro atoms. The number of nitrogens with zero attached hydrogens (tertiary/aromatic N) is 1. The lowest BCUT2D eigenvalue weighted by atomic mass is 9.99. The fourth-order valence-corrected chi connectivity index (χ4v) is 5.64. The first-order chi connectivity index (χ1) is 20.1. The van der Waals surface area contributed by atoms with Crippen LogP contribution < -0.4 is 10.1 Å². The average Bonchev–Trinajstić information content (AvgIpc) is 3.45. The SMILES string of the molecule is CCC(OC(=O)c1cccc2cccc(-c3nc4ccccc4s3)c12)C(=O)Nc1ccc(Oc2ccccc2)cc1. The van der Waals surface area contributed by atoms with Gasteiger partial charge < -0.3 is 14.8 Å². The predicted molar refractivity (Wildman–Crippen MR) is 164 cm³/mol. The molecular weight excluding hydrogens is 532 g/mol. The predicted octanol–water partition coefficient (Wildman–Crippen LogP) is 8.48. The van der Waals surface area contributed by atoms with Gasteiger partial charge in [-0.05, 0) is 66.4 Å². The maximum absolute atomic E-state index is 13.5. The third-order valence-electron chi connectivity index (χ3n) is 6.66. The van der Waals surface area contributed by atoms with Gasteiger partial charge >= 0.3 is 5.97 Å². The third kappa shape index (κ3) is 5.66. The van der Waals surface area contributed by atoms with Gasteiger partial charge in [-0.2, -0.15) is 0 Å². The number of anilines is 1. The number of amides is 1. The first-order valence-electron chi connectivity index (χ1n) is 13.3. The second-order valence-corrected chi connectivity index (χ2v) is 10.5. The maximum Gasteiger partial charge on any atom is 0.339 e. The molecule has 0 aliphatic carbocycles. The highest BCUT2D eigenvalue weighted by Crippen LogP contribution is 2.36. The maximum atomic E-state index is 13.5. The molecule has 0 aliphatic heterocycles. The Morgan fingerprint density at radius 1 is 0.805 bits per heavy atom. The van der Waals surface area contributed by atoms with E-state index in [0.29, 0.717) is 23.4 Å². The molecule has 0 fully saturated rings. The summed E-state index contributed by atoms with van der Waals surface area (Å²) >= 11 is 1.58. The molecule has 1 aromatic heterocycles. The van der Waals surface area contributed by atoms with Crippen LogP contribution in [0.3, 0.4) is 0 Å². The van der Waals surface area contributed by atoms with E-state index in [2.05, 4.69) is 5.32 Å². The molecule has 0 saturated heterocycles. The molecule has 0 radical (unpaired) electrons. The number of carbonyl (C=O) groups excluding carboxylic acids is 2. The summed E-state index contributed by atoms with van der Waals surface area (Å²) in [6.45, 7) is 1.81. The van der Waals surface area contributed by atoms with E-state index >= 15 is 0 Å². The molecule has 0 bridgehead atoms. The number of fused-ring (bicyclic) bond motifs is 2. The van der Waals surface area contributed by atoms with Crippen LogP contribution in [0.4, 0.5) is 5.69 Å². The number of carbonyl (C=O) groups is 2. The minimum absolute atomic E-state index is 0.322. The number of ether oxygens (including phenoxy) is 2. The van der Waals surface area contributed by atoms with Crippen LogP contribution in [-0.2, 0) is 9.53 Å². The van der Waals surface area contributed by atoms with Crippen molar-refractivity contribution in [2.45, 2.75) is 19.4 Å². The lowest BCUT2D eigenvalue weighted by molar-refractivity contribution is -0.124. The summed E-state index contributed by atoms with van der Waals surface area (Å²) in [6.07, 6.45) is -0.643. The Kier molecular flexibility index (Phi) is 7.43. The standard InChI is InChI=1S/C34H26N2O4S/c1-2-29(32(37)35-23-18-20-25(21-19-23)39-24-12-4-3-5-13-24)40-34(38)27-15-9-11-22-10-8-14-26(31(22)27)33-36-28-16-6-7-17-30(28)41-33/h3-21,29H,2H2,1H3,(H,35,37). The van der Waals surface area contributed by atoms with Crippen molar-refractivity contribution in [1.82, 2.24) is 4.98 Å². The van der Waals surface area contributed by atoms with Gasteiger partial charge in [-0.3, -0.25) is 4.79 Å². The van der Waals surface area contributed by atoms with Crippen molar-refractivity contribution in [3.63, 3.8) is 0 Å². The van der Waals surface area contributed by atoms with Gasteiger partial charge in [0.2, 0.25) is 0 Å². The van der Waals surface area contributed by atoms with Crippen LogP contribution in [0.1, 0.15) is 23.7 Å². The van der Waals surface area contributed by atoms with E-state index in [1.54, 1.807) is 41.7 Å². The van der Waals surface area contributed by atoms with Crippen molar-refractivity contribution in [2.75, 3.05) is 5.32 Å². The summed E-state index contributed by atoms with van der Waals surface area (Å²) in [5.74, 6) is 0.413. The van der Waals surface area contributed by atoms with Gasteiger partial charge in [-0.1, -0.05) is 67.6 Å². The number of nitrogens with one attached hydrogen (secondary N) is 1. The quantitative estimate of drug-likeness (QED) is 0.190. The Labute approximate surface area is 241 Å². The van der Waals surface area contributed by atoms with Crippen molar-refractivity contribution in [2.24, 2.45) is 0 Å². The van der Waals surface area contributed by atoms with Crippen molar-refractivity contribution in [3.05, 3.63) is 121 Å². The van der Waals surface area contributed by atoms with Gasteiger partial charge in [-0.25, -0.2) is 9.78 Å². The van der Waals surface area contributed by atoms with Crippen LogP contribution in [-0.4, -0.2) is 23.0 Å². The lowest BCUT2D eigenvalue weighted by Gasteiger charge is -2.17. The number of hydrogen-bond acceptors (Lipinski definition) is 6. The largest absolute Gasteiger partial charge is 0.457 e. The molecule has 6 nitrogen and oxygen atoms in total. The highest BCUT2D eigenvalue weighted by molar-refractivity contribution is 7.21. The Bertz CT molecular complexity index is 1810. The summed E-state index contributed by atoms with van der Waals surface area (Å²) in [6, 6.07) is 35.8. The molecule has 1 amide bonds. The van der Waals surface area contributed by atoms with Crippen LogP contribution in [0.15, 0.2) is 115 Å². The van der Waals surface area contributed by atoms with Crippen LogP contribution in [0, 0.1) is 0 Å². The second-order valence-electron chi connectivity index (χ2n) is 9.43. The molecule has 41 heavy (non-hydrogen) atoms. The summed E-state index contributed by atoms with van der Waals surface area (Å²) in [4.78, 5) is 31.4. The average molecular weight is 559 g/mol. The molecule has 1 atom stereocenters. The van der Waals surface area contributed by atoms with E-state index in [1.165, 1.54) is 0 Å². The summed E-state index contributed by atoms with van der Waals surface area (Å²) < 4.78 is 12.7. The lowest BCUT2D eigenvalue weighted by Crippen LogP contribution is -2.32. The molecule has 1 heterocycles. The fraction of sp³-hybridized carbons (Fsp3) is 0.0882. The van der Waals surface area contributed by atoms with E-state index in [1.807, 2.05) is 91.9 Å². The zero-order valence-corrected chi connectivity index (χ0v) is 23.1. The first kappa shape index (κ1) is 26.2. The number of hydrogen-bond donors (Lipinski definition) is 1. The van der Waals surface area contributed by atoms with Crippen LogP contribution in [0.5, 0.6) is 11.5 Å². The van der Waals surface area contributed by atoms with Gasteiger partial charge in [0.15, 0.2) is 6.10 Å². The summed E-state index contributed by atoms with van der Waals surface area (Å²) in [5.41, 5.74) is 2.73. The van der Waals surface area contributed by atoms with E-state index in [9.17, 15) is 9.59 Å². The van der Waals surface area contributed by atoms with Crippen LogP contribution in [0.2, 0.25) is 0 Å². The third-order valence-corrected chi connectivity index (χ3v) is 7.73. The molecule has 6 rings (SSSR count). The van der Waals surface area contributed by atoms with Gasteiger partial charge in [0.1, 0.15) is 16.5 Å². The Balaban J connectivity index is 1.21. The molecule has 6 aromatic rings. The number of esters is 1. The Morgan fingerprint density at radius 2 is 1.51 bits per heavy atom. The van der Waals surface area contributed by atoms with Gasteiger partial charge in [0.05, 0.1) is 15.8 Å². The number of benzene rings is 5. The fourth-order valence-electron chi connectivity index (χ4n) is 4.65. The van der Waals surface area contributed by atoms with Crippen molar-refractivity contribution < 1.29 is 19.1 Å². The molecule has 1 unspecified atom stereocenters. The topological polar surface area (TPSA) is 77.5 Å². The van der Waals surface area contributed by atoms with E-state index < -0.39 is 18.0 Å². The van der Waals surface area contributed by atoms with Gasteiger partial charge in [0.25, 0.3) is 5.91 Å². The molecule has 0 aliphatic rings. The normalized spacial score (nSPS) is 11.7. The number of thiazole rings is 1. The molecule has 7 heteroatoms. The summed E-state index contributed by atoms with van der Waals surface area (Å²) in [7, 11) is 0. The first-order valence-corrected chi connectivity index (χ1v) is 14.1. The van der Waals surface area contributed by atoms with Gasteiger partial charge in [-0.15, -0.1) is 11.3 Å². The smallest absolute Gasteiger partial charge is 0.339 e. The molecule has 5 aromatic carbocycles. The number of rotatable bonds is 8. The van der Waals surface area contributed by atoms with Crippen LogP contribution in [0.25, 0.3) is 31.6 Å². The van der Waals surface area contributed by atoms with E-state index in [0.717, 1.165) is 37.3 Å². The zero-order chi connectivity index (χ0) is 28.2. The van der Waals surface area contributed by atoms with Crippen molar-refractivity contribution in [1.29, 1.82) is 0 Å². The Morgan fingerprint density at radius 3 is 2.27 bits per heavy atom. The monoisotopic (exact) mass is 558 g/mol. The highest BCUT2D eigenvalue weighted by atomic mass is 32.1. The van der Waals surface area contributed by atoms with E-state index in [-0.39, 0.29) is 0 Å². The summed E-state index contributed by atoms with van der Waals surface area (Å²) in [5, 5.41) is 5.32. The van der Waals surface area contributed by atoms with Crippen molar-refractivity contribution in [3.8, 4) is 22.1 Å². The minimum Gasteiger partial charge on any atom is -0.457 e. The second kappa shape index (κ2) is 11.6. The molecule has 1 N–H and O–H groups in total. The zero-order valence-electron chi connectivity index (χ0n) is 22.2. The number of para-hydroxylation sites is 2. The minimum atomic E-state index is -0.965. The molecule has 0 saturated carbocycles. The van der Waals surface area contributed by atoms with E-state index in [4.69, 9.17) is 14.5 Å². The van der Waals surface area contributed by atoms with Crippen LogP contribution >= 0.6 is 11.3 Å². The van der Waals surface area contributed by atoms with Gasteiger partial charge in [0, 0.05) is 16.6 Å². The number of aromatic nitrogens is 1.